The zero-order chi connectivity index (χ0) is 11.4. The molecule has 1 aliphatic heterocycles. The second kappa shape index (κ2) is 4.93. The predicted molar refractivity (Wildman–Crippen MR) is 58.8 cm³/mol. The molecule has 0 spiro atoms. The normalized spacial score (nSPS) is 25.1. The third-order valence-electron chi connectivity index (χ3n) is 3.16. The van der Waals surface area contributed by atoms with Crippen molar-refractivity contribution < 1.29 is 9.26 Å². The van der Waals surface area contributed by atoms with E-state index in [2.05, 4.69) is 22.4 Å². The molecule has 0 saturated carbocycles. The van der Waals surface area contributed by atoms with Gasteiger partial charge in [0.15, 0.2) is 5.82 Å². The van der Waals surface area contributed by atoms with E-state index >= 15 is 0 Å². The molecule has 1 aliphatic rings. The molecular formula is C11H19N3O2. The SMILES string of the molecule is CCOCc1noc(C2(CC)CCCN2)n1. The maximum absolute atomic E-state index is 5.34. The van der Waals surface area contributed by atoms with Gasteiger partial charge in [-0.1, -0.05) is 12.1 Å². The molecule has 5 heteroatoms. The van der Waals surface area contributed by atoms with Crippen molar-refractivity contribution in [2.45, 2.75) is 45.3 Å². The summed E-state index contributed by atoms with van der Waals surface area (Å²) in [5.74, 6) is 1.35. The largest absolute Gasteiger partial charge is 0.374 e. The average Bonchev–Trinajstić information content (AvgIpc) is 2.95. The first-order chi connectivity index (χ1) is 7.80. The first kappa shape index (κ1) is 11.5. The van der Waals surface area contributed by atoms with Gasteiger partial charge in [0, 0.05) is 6.61 Å². The van der Waals surface area contributed by atoms with Gasteiger partial charge < -0.3 is 14.6 Å². The highest BCUT2D eigenvalue weighted by atomic mass is 16.5. The van der Waals surface area contributed by atoms with Gasteiger partial charge in [-0.2, -0.15) is 4.98 Å². The van der Waals surface area contributed by atoms with E-state index in [0.717, 1.165) is 25.8 Å². The summed E-state index contributed by atoms with van der Waals surface area (Å²) in [6, 6.07) is 0. The van der Waals surface area contributed by atoms with Gasteiger partial charge >= 0.3 is 0 Å². The average molecular weight is 225 g/mol. The Morgan fingerprint density at radius 3 is 3.00 bits per heavy atom. The van der Waals surface area contributed by atoms with Crippen molar-refractivity contribution in [3.63, 3.8) is 0 Å². The van der Waals surface area contributed by atoms with Gasteiger partial charge in [0.05, 0.1) is 5.54 Å². The van der Waals surface area contributed by atoms with Gasteiger partial charge in [0.2, 0.25) is 5.89 Å². The Hall–Kier alpha value is -0.940. The lowest BCUT2D eigenvalue weighted by Crippen LogP contribution is -2.36. The Labute approximate surface area is 95.6 Å². The molecular weight excluding hydrogens is 206 g/mol. The third kappa shape index (κ3) is 2.10. The van der Waals surface area contributed by atoms with Gasteiger partial charge in [-0.15, -0.1) is 0 Å². The van der Waals surface area contributed by atoms with Crippen LogP contribution in [0.3, 0.4) is 0 Å². The zero-order valence-electron chi connectivity index (χ0n) is 9.95. The Morgan fingerprint density at radius 2 is 2.38 bits per heavy atom. The monoisotopic (exact) mass is 225 g/mol. The van der Waals surface area contributed by atoms with Crippen LogP contribution in [0.1, 0.15) is 44.8 Å². The van der Waals surface area contributed by atoms with Crippen LogP contribution >= 0.6 is 0 Å². The summed E-state index contributed by atoms with van der Waals surface area (Å²) in [6.45, 7) is 6.22. The lowest BCUT2D eigenvalue weighted by molar-refractivity contribution is 0.126. The second-order valence-electron chi connectivity index (χ2n) is 4.12. The Morgan fingerprint density at radius 1 is 1.50 bits per heavy atom. The van der Waals surface area contributed by atoms with E-state index in [0.29, 0.717) is 24.9 Å². The molecule has 2 heterocycles. The molecule has 0 amide bonds. The van der Waals surface area contributed by atoms with Crippen molar-refractivity contribution in [1.82, 2.24) is 15.5 Å². The molecule has 0 bridgehead atoms. The Bertz CT molecular complexity index is 332. The van der Waals surface area contributed by atoms with Crippen LogP contribution in [-0.2, 0) is 16.9 Å². The fourth-order valence-corrected chi connectivity index (χ4v) is 2.14. The summed E-state index contributed by atoms with van der Waals surface area (Å²) in [7, 11) is 0. The fraction of sp³-hybridized carbons (Fsp3) is 0.818. The molecule has 0 aromatic carbocycles. The number of ether oxygens (including phenoxy) is 1. The zero-order valence-corrected chi connectivity index (χ0v) is 9.95. The number of nitrogens with zero attached hydrogens (tertiary/aromatic N) is 2. The Kier molecular flexibility index (Phi) is 3.56. The van der Waals surface area contributed by atoms with Crippen molar-refractivity contribution >= 4 is 0 Å². The molecule has 1 fully saturated rings. The smallest absolute Gasteiger partial charge is 0.247 e. The van der Waals surface area contributed by atoms with Crippen molar-refractivity contribution in [2.75, 3.05) is 13.2 Å². The fourth-order valence-electron chi connectivity index (χ4n) is 2.14. The number of nitrogens with one attached hydrogen (secondary N) is 1. The van der Waals surface area contributed by atoms with Crippen molar-refractivity contribution in [1.29, 1.82) is 0 Å². The molecule has 0 aliphatic carbocycles. The lowest BCUT2D eigenvalue weighted by atomic mass is 9.94. The standard InChI is InChI=1S/C11H19N3O2/c1-3-11(6-5-7-12-11)10-13-9(14-16-10)8-15-4-2/h12H,3-8H2,1-2H3. The summed E-state index contributed by atoms with van der Waals surface area (Å²) >= 11 is 0. The molecule has 1 aromatic rings. The van der Waals surface area contributed by atoms with Gasteiger partial charge in [-0.05, 0) is 32.7 Å². The van der Waals surface area contributed by atoms with Crippen molar-refractivity contribution in [3.8, 4) is 0 Å². The summed E-state index contributed by atoms with van der Waals surface area (Å²) in [5.41, 5.74) is -0.0997. The van der Waals surface area contributed by atoms with E-state index in [1.165, 1.54) is 0 Å². The van der Waals surface area contributed by atoms with Crippen LogP contribution in [0.15, 0.2) is 4.52 Å². The molecule has 16 heavy (non-hydrogen) atoms. The van der Waals surface area contributed by atoms with E-state index in [4.69, 9.17) is 9.26 Å². The van der Waals surface area contributed by atoms with Crippen molar-refractivity contribution in [2.24, 2.45) is 0 Å². The van der Waals surface area contributed by atoms with Gasteiger partial charge in [-0.3, -0.25) is 0 Å². The summed E-state index contributed by atoms with van der Waals surface area (Å²) in [5, 5.41) is 7.41. The minimum atomic E-state index is -0.0997. The number of hydrogen-bond donors (Lipinski definition) is 1. The van der Waals surface area contributed by atoms with Gasteiger partial charge in [0.1, 0.15) is 6.61 Å². The molecule has 90 valence electrons. The molecule has 1 unspecified atom stereocenters. The number of aromatic nitrogens is 2. The van der Waals surface area contributed by atoms with Gasteiger partial charge in [-0.25, -0.2) is 0 Å². The molecule has 1 aromatic heterocycles. The molecule has 1 N–H and O–H groups in total. The molecule has 0 radical (unpaired) electrons. The Balaban J connectivity index is 2.10. The highest BCUT2D eigenvalue weighted by molar-refractivity contribution is 5.06. The van der Waals surface area contributed by atoms with Crippen LogP contribution in [0.5, 0.6) is 0 Å². The topological polar surface area (TPSA) is 60.2 Å². The molecule has 5 nitrogen and oxygen atoms in total. The molecule has 2 rings (SSSR count). The van der Waals surface area contributed by atoms with Crippen LogP contribution in [0, 0.1) is 0 Å². The number of rotatable bonds is 5. The van der Waals surface area contributed by atoms with Crippen LogP contribution in [0.4, 0.5) is 0 Å². The van der Waals surface area contributed by atoms with E-state index in [1.807, 2.05) is 6.92 Å². The summed E-state index contributed by atoms with van der Waals surface area (Å²) < 4.78 is 10.6. The molecule has 1 atom stereocenters. The summed E-state index contributed by atoms with van der Waals surface area (Å²) in [6.07, 6.45) is 3.21. The predicted octanol–water partition coefficient (Wildman–Crippen LogP) is 1.59. The van der Waals surface area contributed by atoms with Crippen LogP contribution in [-0.4, -0.2) is 23.3 Å². The summed E-state index contributed by atoms with van der Waals surface area (Å²) in [4.78, 5) is 4.41. The lowest BCUT2D eigenvalue weighted by Gasteiger charge is -2.22. The van der Waals surface area contributed by atoms with E-state index < -0.39 is 0 Å². The first-order valence-corrected chi connectivity index (χ1v) is 5.96. The second-order valence-corrected chi connectivity index (χ2v) is 4.12. The van der Waals surface area contributed by atoms with E-state index in [-0.39, 0.29) is 5.54 Å². The van der Waals surface area contributed by atoms with Crippen LogP contribution in [0.25, 0.3) is 0 Å². The highest BCUT2D eigenvalue weighted by Crippen LogP contribution is 2.32. The van der Waals surface area contributed by atoms with Crippen LogP contribution < -0.4 is 5.32 Å². The quantitative estimate of drug-likeness (QED) is 0.824. The maximum atomic E-state index is 5.34. The highest BCUT2D eigenvalue weighted by Gasteiger charge is 2.38. The molecule has 1 saturated heterocycles. The first-order valence-electron chi connectivity index (χ1n) is 5.96. The third-order valence-corrected chi connectivity index (χ3v) is 3.16. The van der Waals surface area contributed by atoms with Crippen LogP contribution in [0.2, 0.25) is 0 Å². The van der Waals surface area contributed by atoms with Crippen molar-refractivity contribution in [3.05, 3.63) is 11.7 Å². The number of hydrogen-bond acceptors (Lipinski definition) is 5. The maximum Gasteiger partial charge on any atom is 0.247 e. The van der Waals surface area contributed by atoms with E-state index in [1.54, 1.807) is 0 Å². The van der Waals surface area contributed by atoms with E-state index in [9.17, 15) is 0 Å². The van der Waals surface area contributed by atoms with Gasteiger partial charge in [0.25, 0.3) is 0 Å². The minimum Gasteiger partial charge on any atom is -0.374 e. The minimum absolute atomic E-state index is 0.0997.